The van der Waals surface area contributed by atoms with Crippen LogP contribution in [0.15, 0.2) is 36.5 Å². The Morgan fingerprint density at radius 2 is 2.27 bits per heavy atom. The monoisotopic (exact) mass is 298 g/mol. The van der Waals surface area contributed by atoms with Crippen LogP contribution >= 0.6 is 0 Å². The number of nitrogens with zero attached hydrogens (tertiary/aromatic N) is 1. The highest BCUT2D eigenvalue weighted by atomic mass is 16.5. The highest BCUT2D eigenvalue weighted by Crippen LogP contribution is 2.40. The Hall–Kier alpha value is -2.56. The summed E-state index contributed by atoms with van der Waals surface area (Å²) < 4.78 is 5.87. The molecule has 114 valence electrons. The van der Waals surface area contributed by atoms with Gasteiger partial charge in [-0.05, 0) is 25.0 Å². The maximum absolute atomic E-state index is 10.7. The normalized spacial score (nSPS) is 16.5. The highest BCUT2D eigenvalue weighted by molar-refractivity contribution is 5.72. The van der Waals surface area contributed by atoms with E-state index >= 15 is 0 Å². The third-order valence-electron chi connectivity index (χ3n) is 3.92. The lowest BCUT2D eigenvalue weighted by Crippen LogP contribution is -2.29. The summed E-state index contributed by atoms with van der Waals surface area (Å²) in [5.41, 5.74) is 4.04. The average molecular weight is 298 g/mol. The van der Waals surface area contributed by atoms with Crippen molar-refractivity contribution < 1.29 is 14.6 Å². The molecule has 0 fully saturated rings. The first-order valence-corrected chi connectivity index (χ1v) is 7.30. The van der Waals surface area contributed by atoms with E-state index in [4.69, 9.17) is 9.84 Å². The number of para-hydroxylation sites is 1. The number of nitrogens with one attached hydrogen (secondary N) is 1. The van der Waals surface area contributed by atoms with Gasteiger partial charge in [-0.15, -0.1) is 0 Å². The Labute approximate surface area is 129 Å². The van der Waals surface area contributed by atoms with E-state index < -0.39 is 6.09 Å². The van der Waals surface area contributed by atoms with Crippen molar-refractivity contribution >= 4 is 6.09 Å². The molecule has 0 aliphatic carbocycles. The molecule has 1 amide bonds. The van der Waals surface area contributed by atoms with Crippen LogP contribution in [0.1, 0.15) is 23.6 Å². The molecule has 5 nitrogen and oxygen atoms in total. The second kappa shape index (κ2) is 6.05. The number of carbonyl (C=O) groups is 1. The molecule has 1 atom stereocenters. The molecule has 22 heavy (non-hydrogen) atoms. The Bertz CT molecular complexity index is 683. The van der Waals surface area contributed by atoms with Gasteiger partial charge in [0.05, 0.1) is 6.61 Å². The smallest absolute Gasteiger partial charge is 0.404 e. The molecule has 1 unspecified atom stereocenters. The van der Waals surface area contributed by atoms with Crippen molar-refractivity contribution in [2.75, 3.05) is 13.2 Å². The molecule has 1 aliphatic heterocycles. The minimum atomic E-state index is -0.994. The molecule has 5 heteroatoms. The third kappa shape index (κ3) is 2.88. The topological polar surface area (TPSA) is 71.5 Å². The van der Waals surface area contributed by atoms with Gasteiger partial charge in [-0.3, -0.25) is 4.98 Å². The van der Waals surface area contributed by atoms with Crippen LogP contribution in [-0.2, 0) is 0 Å². The Morgan fingerprint density at radius 1 is 1.41 bits per heavy atom. The van der Waals surface area contributed by atoms with Crippen LogP contribution in [0.25, 0.3) is 11.1 Å². The number of aryl methyl sites for hydroxylation is 1. The van der Waals surface area contributed by atoms with E-state index in [-0.39, 0.29) is 5.92 Å². The lowest BCUT2D eigenvalue weighted by Gasteiger charge is -2.27. The van der Waals surface area contributed by atoms with E-state index in [9.17, 15) is 4.79 Å². The molecule has 2 N–H and O–H groups in total. The van der Waals surface area contributed by atoms with Crippen LogP contribution in [-0.4, -0.2) is 29.3 Å². The fraction of sp³-hybridized carbons (Fsp3) is 0.294. The minimum absolute atomic E-state index is 0.137. The number of pyridine rings is 1. The molecule has 0 spiro atoms. The summed E-state index contributed by atoms with van der Waals surface area (Å²) >= 11 is 0. The fourth-order valence-corrected chi connectivity index (χ4v) is 2.77. The fourth-order valence-electron chi connectivity index (χ4n) is 2.77. The van der Waals surface area contributed by atoms with Crippen molar-refractivity contribution in [3.8, 4) is 16.9 Å². The number of amides is 1. The van der Waals surface area contributed by atoms with E-state index in [2.05, 4.69) is 10.3 Å². The van der Waals surface area contributed by atoms with E-state index in [1.807, 2.05) is 43.5 Å². The van der Waals surface area contributed by atoms with E-state index in [0.717, 1.165) is 34.6 Å². The van der Waals surface area contributed by atoms with Crippen molar-refractivity contribution in [3.63, 3.8) is 0 Å². The van der Waals surface area contributed by atoms with E-state index in [1.165, 1.54) is 0 Å². The van der Waals surface area contributed by atoms with Gasteiger partial charge in [0.25, 0.3) is 0 Å². The van der Waals surface area contributed by atoms with Crippen molar-refractivity contribution in [2.45, 2.75) is 19.3 Å². The first kappa shape index (κ1) is 14.4. The summed E-state index contributed by atoms with van der Waals surface area (Å²) in [4.78, 5) is 15.1. The van der Waals surface area contributed by atoms with Crippen LogP contribution in [0, 0.1) is 6.92 Å². The molecular weight excluding hydrogens is 280 g/mol. The zero-order valence-electron chi connectivity index (χ0n) is 12.4. The zero-order valence-corrected chi connectivity index (χ0v) is 12.4. The lowest BCUT2D eigenvalue weighted by molar-refractivity contribution is 0.191. The second-order valence-corrected chi connectivity index (χ2v) is 5.43. The number of hydrogen-bond donors (Lipinski definition) is 2. The Balaban J connectivity index is 1.96. The quantitative estimate of drug-likeness (QED) is 0.913. The van der Waals surface area contributed by atoms with E-state index in [0.29, 0.717) is 13.2 Å². The van der Waals surface area contributed by atoms with Gasteiger partial charge < -0.3 is 15.2 Å². The summed E-state index contributed by atoms with van der Waals surface area (Å²) in [5.74, 6) is 0.981. The van der Waals surface area contributed by atoms with Gasteiger partial charge in [0, 0.05) is 35.5 Å². The van der Waals surface area contributed by atoms with Gasteiger partial charge in [0.1, 0.15) is 5.75 Å². The van der Waals surface area contributed by atoms with Crippen LogP contribution < -0.4 is 10.1 Å². The third-order valence-corrected chi connectivity index (χ3v) is 3.92. The predicted octanol–water partition coefficient (Wildman–Crippen LogP) is 3.19. The van der Waals surface area contributed by atoms with Gasteiger partial charge >= 0.3 is 6.09 Å². The number of benzene rings is 1. The number of ether oxygens (including phenoxy) is 1. The van der Waals surface area contributed by atoms with Crippen molar-refractivity contribution in [3.05, 3.63) is 47.8 Å². The molecule has 2 aromatic rings. The number of rotatable bonds is 3. The Kier molecular flexibility index (Phi) is 3.96. The molecule has 1 aliphatic rings. The second-order valence-electron chi connectivity index (χ2n) is 5.43. The van der Waals surface area contributed by atoms with E-state index in [1.54, 1.807) is 0 Å². The maximum Gasteiger partial charge on any atom is 0.404 e. The van der Waals surface area contributed by atoms with Crippen molar-refractivity contribution in [2.24, 2.45) is 0 Å². The predicted molar refractivity (Wildman–Crippen MR) is 83.3 cm³/mol. The van der Waals surface area contributed by atoms with Gasteiger partial charge in [0.15, 0.2) is 0 Å². The van der Waals surface area contributed by atoms with Crippen molar-refractivity contribution in [1.29, 1.82) is 0 Å². The van der Waals surface area contributed by atoms with Crippen LogP contribution in [0.2, 0.25) is 0 Å². The SMILES string of the molecule is Cc1ccc(-c2cccc3c2OCCC3CNC(=O)O)cn1. The number of hydrogen-bond acceptors (Lipinski definition) is 3. The molecule has 0 radical (unpaired) electrons. The molecule has 1 aromatic carbocycles. The van der Waals surface area contributed by atoms with Gasteiger partial charge in [-0.2, -0.15) is 0 Å². The number of carboxylic acid groups (broad SMARTS) is 1. The zero-order chi connectivity index (χ0) is 15.5. The first-order valence-electron chi connectivity index (χ1n) is 7.30. The molecule has 0 bridgehead atoms. The van der Waals surface area contributed by atoms with Crippen LogP contribution in [0.4, 0.5) is 4.79 Å². The standard InChI is InChI=1S/C17H18N2O3/c1-11-5-6-12(9-18-11)14-3-2-4-15-13(10-19-17(20)21)7-8-22-16(14)15/h2-6,9,13,19H,7-8,10H2,1H3,(H,20,21). The summed E-state index contributed by atoms with van der Waals surface area (Å²) in [6, 6.07) is 10.0. The lowest BCUT2D eigenvalue weighted by atomic mass is 9.90. The van der Waals surface area contributed by atoms with Gasteiger partial charge in [-0.1, -0.05) is 24.3 Å². The summed E-state index contributed by atoms with van der Waals surface area (Å²) in [7, 11) is 0. The molecule has 0 saturated carbocycles. The largest absolute Gasteiger partial charge is 0.493 e. The molecular formula is C17H18N2O3. The minimum Gasteiger partial charge on any atom is -0.493 e. The summed E-state index contributed by atoms with van der Waals surface area (Å²) in [6.45, 7) is 2.95. The Morgan fingerprint density at radius 3 is 3.00 bits per heavy atom. The van der Waals surface area contributed by atoms with Gasteiger partial charge in [-0.25, -0.2) is 4.79 Å². The first-order chi connectivity index (χ1) is 10.6. The highest BCUT2D eigenvalue weighted by Gasteiger charge is 2.24. The number of aromatic nitrogens is 1. The molecule has 1 aromatic heterocycles. The molecule has 2 heterocycles. The molecule has 0 saturated heterocycles. The summed E-state index contributed by atoms with van der Waals surface area (Å²) in [6.07, 6.45) is 1.66. The molecule has 3 rings (SSSR count). The van der Waals surface area contributed by atoms with Gasteiger partial charge in [0.2, 0.25) is 0 Å². The van der Waals surface area contributed by atoms with Crippen LogP contribution in [0.3, 0.4) is 0 Å². The van der Waals surface area contributed by atoms with Crippen molar-refractivity contribution in [1.82, 2.24) is 10.3 Å². The van der Waals surface area contributed by atoms with Crippen LogP contribution in [0.5, 0.6) is 5.75 Å². The number of fused-ring (bicyclic) bond motifs is 1. The summed E-state index contributed by atoms with van der Waals surface area (Å²) in [5, 5.41) is 11.3. The average Bonchev–Trinajstić information content (AvgIpc) is 2.53. The maximum atomic E-state index is 10.7.